The Bertz CT molecular complexity index is 1140. The van der Waals surface area contributed by atoms with E-state index in [-0.39, 0.29) is 11.7 Å². The molecular formula is C23H18N2O3. The molecule has 0 saturated heterocycles. The van der Waals surface area contributed by atoms with Crippen LogP contribution in [0, 0.1) is 0 Å². The summed E-state index contributed by atoms with van der Waals surface area (Å²) in [6, 6.07) is 23.6. The Morgan fingerprint density at radius 2 is 1.64 bits per heavy atom. The van der Waals surface area contributed by atoms with E-state index < -0.39 is 0 Å². The van der Waals surface area contributed by atoms with Gasteiger partial charge in [-0.25, -0.2) is 4.79 Å². The van der Waals surface area contributed by atoms with Gasteiger partial charge >= 0.3 is 5.97 Å². The molecule has 4 aromatic rings. The van der Waals surface area contributed by atoms with Crippen molar-refractivity contribution in [2.24, 2.45) is 0 Å². The molecule has 0 aliphatic carbocycles. The van der Waals surface area contributed by atoms with Gasteiger partial charge in [0, 0.05) is 28.2 Å². The summed E-state index contributed by atoms with van der Waals surface area (Å²) in [5.74, 6) is -0.468. The fourth-order valence-corrected chi connectivity index (χ4v) is 3.12. The highest BCUT2D eigenvalue weighted by molar-refractivity contribution is 5.90. The van der Waals surface area contributed by atoms with Crippen LogP contribution in [0.4, 0.5) is 0 Å². The van der Waals surface area contributed by atoms with Crippen LogP contribution in [-0.4, -0.2) is 17.7 Å². The van der Waals surface area contributed by atoms with Crippen LogP contribution in [0.5, 0.6) is 5.75 Å². The summed E-state index contributed by atoms with van der Waals surface area (Å²) in [4.78, 5) is 11.9. The summed E-state index contributed by atoms with van der Waals surface area (Å²) in [6.07, 6.45) is 0. The third-order valence-electron chi connectivity index (χ3n) is 4.45. The zero-order valence-corrected chi connectivity index (χ0v) is 15.3. The predicted octanol–water partition coefficient (Wildman–Crippen LogP) is 3.43. The molecule has 138 valence electrons. The van der Waals surface area contributed by atoms with Crippen LogP contribution in [0.15, 0.2) is 78.9 Å². The number of nitrogens with zero attached hydrogens (tertiary/aromatic N) is 2. The Balaban J connectivity index is 1.92. The van der Waals surface area contributed by atoms with Gasteiger partial charge < -0.3 is 9.84 Å². The molecule has 0 N–H and O–H groups in total. The van der Waals surface area contributed by atoms with Gasteiger partial charge in [-0.05, 0) is 47.7 Å². The van der Waals surface area contributed by atoms with Crippen molar-refractivity contribution in [1.29, 1.82) is 0 Å². The van der Waals surface area contributed by atoms with Crippen LogP contribution >= 0.6 is 0 Å². The second-order valence-corrected chi connectivity index (χ2v) is 6.24. The molecule has 0 atom stereocenters. The molecule has 0 saturated carbocycles. The molecule has 0 fully saturated rings. The van der Waals surface area contributed by atoms with Crippen molar-refractivity contribution in [3.8, 4) is 22.7 Å². The minimum absolute atomic E-state index is 0.0914. The molecule has 3 aromatic carbocycles. The van der Waals surface area contributed by atoms with Gasteiger partial charge in [-0.2, -0.15) is 0 Å². The van der Waals surface area contributed by atoms with Gasteiger partial charge in [-0.1, -0.05) is 36.4 Å². The lowest BCUT2D eigenvalue weighted by atomic mass is 10.1. The molecule has 0 aliphatic heterocycles. The molecule has 0 bridgehead atoms. The zero-order chi connectivity index (χ0) is 19.5. The molecule has 0 radical (unpaired) electrons. The van der Waals surface area contributed by atoms with Crippen molar-refractivity contribution in [2.45, 2.75) is 6.92 Å². The average molecular weight is 370 g/mol. The molecule has 4 rings (SSSR count). The van der Waals surface area contributed by atoms with E-state index in [4.69, 9.17) is 9.84 Å². The molecule has 5 nitrogen and oxygen atoms in total. The standard InChI is InChI=1S/C23H18N2O3/c1-2-28-23(27)17-12-14-18(15-13-17)25-21(16-8-4-3-5-9-16)22(26)19-10-6-7-11-20(19)24-25/h3-15H,2H2,1H3. The Morgan fingerprint density at radius 1 is 0.964 bits per heavy atom. The molecule has 0 spiro atoms. The fraction of sp³-hybridized carbons (Fsp3) is 0.0870. The number of rotatable bonds is 4. The van der Waals surface area contributed by atoms with E-state index in [0.29, 0.717) is 34.5 Å². The summed E-state index contributed by atoms with van der Waals surface area (Å²) in [5.41, 5.74) is 3.01. The second-order valence-electron chi connectivity index (χ2n) is 6.24. The first-order valence-corrected chi connectivity index (χ1v) is 9.04. The van der Waals surface area contributed by atoms with E-state index >= 15 is 0 Å². The highest BCUT2D eigenvalue weighted by Gasteiger charge is 2.22. The van der Waals surface area contributed by atoms with Crippen molar-refractivity contribution in [3.05, 3.63) is 84.4 Å². The maximum atomic E-state index is 13.2. The van der Waals surface area contributed by atoms with Gasteiger partial charge in [0.15, 0.2) is 0 Å². The summed E-state index contributed by atoms with van der Waals surface area (Å²) in [6.45, 7) is 2.09. The lowest BCUT2D eigenvalue weighted by Crippen LogP contribution is -2.38. The van der Waals surface area contributed by atoms with Crippen LogP contribution in [0.2, 0.25) is 0 Å². The highest BCUT2D eigenvalue weighted by atomic mass is 16.5. The van der Waals surface area contributed by atoms with Crippen molar-refractivity contribution < 1.29 is 19.3 Å². The Labute approximate surface area is 162 Å². The van der Waals surface area contributed by atoms with E-state index in [1.807, 2.05) is 48.5 Å². The monoisotopic (exact) mass is 370 g/mol. The van der Waals surface area contributed by atoms with Crippen LogP contribution in [0.25, 0.3) is 27.8 Å². The van der Waals surface area contributed by atoms with Gasteiger partial charge in [-0.3, -0.25) is 0 Å². The van der Waals surface area contributed by atoms with Crippen LogP contribution < -0.4 is 9.79 Å². The Hall–Kier alpha value is -3.73. The van der Waals surface area contributed by atoms with E-state index in [0.717, 1.165) is 5.56 Å². The van der Waals surface area contributed by atoms with Crippen LogP contribution in [0.1, 0.15) is 17.3 Å². The number of fused-ring (bicyclic) bond motifs is 1. The Morgan fingerprint density at radius 3 is 2.36 bits per heavy atom. The topological polar surface area (TPSA) is 66.1 Å². The number of carbonyl (C=O) groups is 1. The first-order valence-electron chi connectivity index (χ1n) is 9.04. The first kappa shape index (κ1) is 17.7. The van der Waals surface area contributed by atoms with Gasteiger partial charge in [0.1, 0.15) is 5.52 Å². The molecule has 0 aliphatic rings. The van der Waals surface area contributed by atoms with E-state index in [9.17, 15) is 9.90 Å². The number of carbonyl (C=O) groups excluding carboxylic acids is 1. The quantitative estimate of drug-likeness (QED) is 0.408. The number of hydrogen-bond acceptors (Lipinski definition) is 4. The van der Waals surface area contributed by atoms with Crippen molar-refractivity contribution in [1.82, 2.24) is 5.10 Å². The number of ether oxygens (including phenoxy) is 1. The minimum Gasteiger partial charge on any atom is -0.867 e. The number of benzene rings is 3. The summed E-state index contributed by atoms with van der Waals surface area (Å²) >= 11 is 0. The van der Waals surface area contributed by atoms with E-state index in [1.165, 1.54) is 0 Å². The van der Waals surface area contributed by atoms with Crippen LogP contribution in [0.3, 0.4) is 0 Å². The maximum absolute atomic E-state index is 13.2. The number of aromatic nitrogens is 2. The van der Waals surface area contributed by atoms with E-state index in [1.54, 1.807) is 41.9 Å². The third kappa shape index (κ3) is 3.18. The van der Waals surface area contributed by atoms with Gasteiger partial charge in [0.2, 0.25) is 11.4 Å². The lowest BCUT2D eigenvalue weighted by Gasteiger charge is -2.14. The highest BCUT2D eigenvalue weighted by Crippen LogP contribution is 2.30. The molecule has 5 heteroatoms. The minimum atomic E-state index is -0.377. The lowest BCUT2D eigenvalue weighted by molar-refractivity contribution is -0.648. The fourth-order valence-electron chi connectivity index (χ4n) is 3.12. The van der Waals surface area contributed by atoms with Crippen molar-refractivity contribution >= 4 is 16.9 Å². The van der Waals surface area contributed by atoms with Crippen molar-refractivity contribution in [3.63, 3.8) is 0 Å². The Kier molecular flexibility index (Phi) is 4.72. The normalized spacial score (nSPS) is 10.8. The maximum Gasteiger partial charge on any atom is 0.338 e. The van der Waals surface area contributed by atoms with E-state index in [2.05, 4.69) is 0 Å². The van der Waals surface area contributed by atoms with Gasteiger partial charge in [0.25, 0.3) is 0 Å². The largest absolute Gasteiger partial charge is 0.867 e. The molecule has 0 amide bonds. The van der Waals surface area contributed by atoms with Gasteiger partial charge in [0.05, 0.1) is 12.2 Å². The molecule has 1 heterocycles. The molecular weight excluding hydrogens is 352 g/mol. The number of esters is 1. The second kappa shape index (κ2) is 7.48. The molecule has 28 heavy (non-hydrogen) atoms. The molecule has 0 unspecified atom stereocenters. The summed E-state index contributed by atoms with van der Waals surface area (Å²) in [7, 11) is 0. The zero-order valence-electron chi connectivity index (χ0n) is 15.3. The summed E-state index contributed by atoms with van der Waals surface area (Å²) < 4.78 is 6.67. The molecule has 1 aromatic heterocycles. The van der Waals surface area contributed by atoms with Crippen LogP contribution in [-0.2, 0) is 4.74 Å². The summed E-state index contributed by atoms with van der Waals surface area (Å²) in [5, 5.41) is 18.5. The predicted molar refractivity (Wildman–Crippen MR) is 104 cm³/mol. The number of hydrogen-bond donors (Lipinski definition) is 0. The SMILES string of the molecule is CCOC(=O)c1ccc(-[n+]2nc3ccccc3c([O-])c2-c2ccccc2)cc1. The van der Waals surface area contributed by atoms with Crippen molar-refractivity contribution in [2.75, 3.05) is 6.61 Å². The third-order valence-corrected chi connectivity index (χ3v) is 4.45. The average Bonchev–Trinajstić information content (AvgIpc) is 2.74. The van der Waals surface area contributed by atoms with Gasteiger partial charge in [-0.15, -0.1) is 0 Å². The smallest absolute Gasteiger partial charge is 0.338 e. The first-order chi connectivity index (χ1) is 13.7.